The Morgan fingerprint density at radius 3 is 2.74 bits per heavy atom. The van der Waals surface area contributed by atoms with E-state index in [-0.39, 0.29) is 18.2 Å². The summed E-state index contributed by atoms with van der Waals surface area (Å²) < 4.78 is 36.6. The number of nitrogens with zero attached hydrogens (tertiary/aromatic N) is 5. The predicted molar refractivity (Wildman–Crippen MR) is 135 cm³/mol. The SMILES string of the molecule is CCOC(=O)[C@H](C)NP(=O)(OC[C@H]1OC(n2ccc(N)nc2=O)[C@](C)(N=[N+]=[N-])[C@@H]1O)Oc1ccc(Cl)cc1. The molecule has 3 rings (SSSR count). The number of aliphatic hydroxyl groups excluding tert-OH is 1. The van der Waals surface area contributed by atoms with Crippen molar-refractivity contribution >= 4 is 31.1 Å². The van der Waals surface area contributed by atoms with E-state index >= 15 is 0 Å². The van der Waals surface area contributed by atoms with Crippen LogP contribution in [0.15, 0.2) is 46.4 Å². The van der Waals surface area contributed by atoms with E-state index in [1.165, 1.54) is 50.4 Å². The molecule has 2 heterocycles. The zero-order valence-electron chi connectivity index (χ0n) is 20.6. The first-order valence-electron chi connectivity index (χ1n) is 11.3. The number of ether oxygens (including phenoxy) is 2. The van der Waals surface area contributed by atoms with Crippen molar-refractivity contribution in [2.24, 2.45) is 5.11 Å². The van der Waals surface area contributed by atoms with Crippen molar-refractivity contribution in [1.82, 2.24) is 14.6 Å². The van der Waals surface area contributed by atoms with Crippen LogP contribution in [0, 0.1) is 0 Å². The molecule has 0 bridgehead atoms. The van der Waals surface area contributed by atoms with Crippen LogP contribution in [0.2, 0.25) is 5.02 Å². The summed E-state index contributed by atoms with van der Waals surface area (Å²) in [6.45, 7) is 3.90. The molecule has 1 aromatic heterocycles. The van der Waals surface area contributed by atoms with Crippen molar-refractivity contribution in [2.75, 3.05) is 18.9 Å². The number of carbonyl (C=O) groups is 1. The van der Waals surface area contributed by atoms with Crippen LogP contribution >= 0.6 is 19.3 Å². The molecule has 2 aromatic rings. The van der Waals surface area contributed by atoms with Crippen molar-refractivity contribution in [2.45, 2.75) is 50.8 Å². The second-order valence-corrected chi connectivity index (χ2v) is 10.5. The highest BCUT2D eigenvalue weighted by Crippen LogP contribution is 2.47. The molecule has 1 saturated heterocycles. The lowest BCUT2D eigenvalue weighted by molar-refractivity contribution is -0.144. The van der Waals surface area contributed by atoms with Gasteiger partial charge in [-0.25, -0.2) is 9.36 Å². The lowest BCUT2D eigenvalue weighted by atomic mass is 9.93. The van der Waals surface area contributed by atoms with Crippen LogP contribution in [0.5, 0.6) is 5.75 Å². The summed E-state index contributed by atoms with van der Waals surface area (Å²) in [5.41, 5.74) is 12.2. The number of nitrogens with one attached hydrogen (secondary N) is 1. The lowest BCUT2D eigenvalue weighted by Gasteiger charge is -2.28. The van der Waals surface area contributed by atoms with Gasteiger partial charge in [-0.05, 0) is 56.6 Å². The molecule has 0 aliphatic carbocycles. The zero-order chi connectivity index (χ0) is 28.1. The summed E-state index contributed by atoms with van der Waals surface area (Å²) in [6.07, 6.45) is -2.83. The Balaban J connectivity index is 1.87. The number of carbonyl (C=O) groups excluding carboxylic acids is 1. The van der Waals surface area contributed by atoms with E-state index in [1.807, 2.05) is 0 Å². The van der Waals surface area contributed by atoms with Crippen LogP contribution in [0.1, 0.15) is 27.0 Å². The van der Waals surface area contributed by atoms with Crippen molar-refractivity contribution in [3.63, 3.8) is 0 Å². The molecule has 2 unspecified atom stereocenters. The van der Waals surface area contributed by atoms with Gasteiger partial charge >= 0.3 is 19.4 Å². The smallest absolute Gasteiger partial charge is 0.459 e. The molecular weight excluding hydrogens is 545 g/mol. The fourth-order valence-corrected chi connectivity index (χ4v) is 5.27. The van der Waals surface area contributed by atoms with Gasteiger partial charge in [-0.15, -0.1) is 0 Å². The zero-order valence-corrected chi connectivity index (χ0v) is 22.3. The molecule has 1 aliphatic heterocycles. The number of azide groups is 1. The number of aromatic nitrogens is 2. The van der Waals surface area contributed by atoms with Gasteiger partial charge in [0.05, 0.1) is 19.3 Å². The highest BCUT2D eigenvalue weighted by Gasteiger charge is 2.55. The third-order valence-corrected chi connectivity index (χ3v) is 7.45. The van der Waals surface area contributed by atoms with E-state index in [0.717, 1.165) is 4.57 Å². The molecule has 0 saturated carbocycles. The molecule has 38 heavy (non-hydrogen) atoms. The predicted octanol–water partition coefficient (Wildman–Crippen LogP) is 2.55. The lowest BCUT2D eigenvalue weighted by Crippen LogP contribution is -2.45. The van der Waals surface area contributed by atoms with Crippen LogP contribution in [0.25, 0.3) is 10.4 Å². The summed E-state index contributed by atoms with van der Waals surface area (Å²) in [7, 11) is -4.32. The van der Waals surface area contributed by atoms with Gasteiger partial charge in [0, 0.05) is 16.1 Å². The Hall–Kier alpha value is -3.16. The standard InChI is InChI=1S/C21H27ClN7O8P/c1-4-34-18(31)12(2)26-38(33,37-14-7-5-13(22)6-8-14)35-11-15-17(30)21(3,27-28-24)19(36-15)29-10-9-16(23)25-20(29)32/h5-10,12,15,17,19,30H,4,11H2,1-3H3,(H,26,33)(H2,23,25,32)/t12-,15+,17+,19?,21+,38?/m0/s1. The summed E-state index contributed by atoms with van der Waals surface area (Å²) in [5.74, 6) is -0.651. The van der Waals surface area contributed by atoms with E-state index < -0.39 is 56.0 Å². The minimum Gasteiger partial charge on any atom is -0.465 e. The van der Waals surface area contributed by atoms with E-state index in [4.69, 9.17) is 41.4 Å². The number of rotatable bonds is 11. The molecular formula is C21H27ClN7O8P. The first-order valence-corrected chi connectivity index (χ1v) is 13.2. The van der Waals surface area contributed by atoms with Crippen molar-refractivity contribution in [3.8, 4) is 5.75 Å². The summed E-state index contributed by atoms with van der Waals surface area (Å²) in [5, 5.41) is 17.6. The Morgan fingerprint density at radius 2 is 2.13 bits per heavy atom. The van der Waals surface area contributed by atoms with Gasteiger partial charge in [-0.2, -0.15) is 10.1 Å². The number of anilines is 1. The van der Waals surface area contributed by atoms with E-state index in [1.54, 1.807) is 6.92 Å². The molecule has 4 N–H and O–H groups in total. The number of esters is 1. The molecule has 0 spiro atoms. The average molecular weight is 572 g/mol. The van der Waals surface area contributed by atoms with Crippen molar-refractivity contribution in [3.05, 3.63) is 62.5 Å². The van der Waals surface area contributed by atoms with Gasteiger partial charge in [0.15, 0.2) is 6.23 Å². The number of benzene rings is 1. The highest BCUT2D eigenvalue weighted by molar-refractivity contribution is 7.52. The first-order chi connectivity index (χ1) is 17.9. The van der Waals surface area contributed by atoms with Gasteiger partial charge in [-0.3, -0.25) is 13.9 Å². The maximum Gasteiger partial charge on any atom is 0.459 e. The molecule has 206 valence electrons. The summed E-state index contributed by atoms with van der Waals surface area (Å²) in [4.78, 5) is 31.0. The molecule has 0 amide bonds. The molecule has 15 nitrogen and oxygen atoms in total. The quantitative estimate of drug-likeness (QED) is 0.117. The van der Waals surface area contributed by atoms with Crippen LogP contribution in [0.4, 0.5) is 5.82 Å². The first kappa shape index (κ1) is 29.4. The Morgan fingerprint density at radius 1 is 1.45 bits per heavy atom. The van der Waals surface area contributed by atoms with Crippen LogP contribution < -0.4 is 21.0 Å². The van der Waals surface area contributed by atoms with Gasteiger partial charge in [-0.1, -0.05) is 16.7 Å². The number of hydrogen-bond donors (Lipinski definition) is 3. The third-order valence-electron chi connectivity index (χ3n) is 5.56. The number of nitrogen functional groups attached to an aromatic ring is 1. The van der Waals surface area contributed by atoms with Crippen LogP contribution in [-0.2, 0) is 23.4 Å². The second kappa shape index (κ2) is 12.1. The molecule has 1 aromatic carbocycles. The molecule has 1 aliphatic rings. The van der Waals surface area contributed by atoms with E-state index in [2.05, 4.69) is 20.1 Å². The van der Waals surface area contributed by atoms with E-state index in [0.29, 0.717) is 5.02 Å². The van der Waals surface area contributed by atoms with Gasteiger partial charge in [0.2, 0.25) is 0 Å². The van der Waals surface area contributed by atoms with Crippen LogP contribution in [0.3, 0.4) is 0 Å². The summed E-state index contributed by atoms with van der Waals surface area (Å²) >= 11 is 5.90. The Labute approximate surface area is 222 Å². The molecule has 1 fully saturated rings. The minimum absolute atomic E-state index is 0.0442. The average Bonchev–Trinajstić information content (AvgIpc) is 3.09. The second-order valence-electron chi connectivity index (χ2n) is 8.37. The van der Waals surface area contributed by atoms with Crippen LogP contribution in [-0.4, -0.2) is 57.6 Å². The van der Waals surface area contributed by atoms with E-state index in [9.17, 15) is 19.3 Å². The number of hydrogen-bond acceptors (Lipinski definition) is 11. The highest BCUT2D eigenvalue weighted by atomic mass is 35.5. The van der Waals surface area contributed by atoms with Gasteiger partial charge < -0.3 is 24.8 Å². The third kappa shape index (κ3) is 6.63. The monoisotopic (exact) mass is 571 g/mol. The Bertz CT molecular complexity index is 1310. The topological polar surface area (TPSA) is 213 Å². The van der Waals surface area contributed by atoms with Gasteiger partial charge in [0.1, 0.15) is 29.3 Å². The van der Waals surface area contributed by atoms with Crippen molar-refractivity contribution in [1.29, 1.82) is 0 Å². The summed E-state index contributed by atoms with van der Waals surface area (Å²) in [6, 6.07) is 6.08. The van der Waals surface area contributed by atoms with Crippen molar-refractivity contribution < 1.29 is 33.0 Å². The fourth-order valence-electron chi connectivity index (χ4n) is 3.64. The number of nitrogens with two attached hydrogens (primary N) is 1. The minimum atomic E-state index is -4.32. The largest absolute Gasteiger partial charge is 0.465 e. The number of halogens is 1. The number of aliphatic hydroxyl groups is 1. The maximum absolute atomic E-state index is 13.7. The Kier molecular flexibility index (Phi) is 9.39. The molecule has 0 radical (unpaired) electrons. The maximum atomic E-state index is 13.7. The molecule has 6 atom stereocenters. The normalized spacial score (nSPS) is 25.1. The molecule has 17 heteroatoms. The fraction of sp³-hybridized carbons (Fsp3) is 0.476. The van der Waals surface area contributed by atoms with Gasteiger partial charge in [0.25, 0.3) is 0 Å².